The van der Waals surface area contributed by atoms with Crippen LogP contribution >= 0.6 is 11.6 Å². The molecule has 2 rings (SSSR count). The summed E-state index contributed by atoms with van der Waals surface area (Å²) in [6.07, 6.45) is 1.12. The number of halogens is 1. The average molecular weight is 361 g/mol. The molecule has 0 heterocycles. The van der Waals surface area contributed by atoms with Crippen LogP contribution in [0.1, 0.15) is 24.0 Å². The third-order valence-corrected chi connectivity index (χ3v) is 3.96. The first-order valence-corrected chi connectivity index (χ1v) is 8.79. The lowest BCUT2D eigenvalue weighted by molar-refractivity contribution is -0.121. The summed E-state index contributed by atoms with van der Waals surface area (Å²) >= 11 is 5.83. The number of hydrogen-bond donors (Lipinski definition) is 1. The van der Waals surface area contributed by atoms with Crippen molar-refractivity contribution in [3.63, 3.8) is 0 Å². The van der Waals surface area contributed by atoms with E-state index in [2.05, 4.69) is 22.3 Å². The van der Waals surface area contributed by atoms with Crippen LogP contribution in [-0.4, -0.2) is 31.5 Å². The van der Waals surface area contributed by atoms with Crippen molar-refractivity contribution in [1.29, 1.82) is 0 Å². The Kier molecular flexibility index (Phi) is 7.76. The number of amides is 1. The molecule has 5 heteroatoms. The summed E-state index contributed by atoms with van der Waals surface area (Å²) in [4.78, 5) is 14.1. The van der Waals surface area contributed by atoms with Crippen LogP contribution in [0.2, 0.25) is 5.02 Å². The maximum atomic E-state index is 12.0. The van der Waals surface area contributed by atoms with E-state index in [0.717, 1.165) is 17.9 Å². The highest BCUT2D eigenvalue weighted by atomic mass is 35.5. The Morgan fingerprint density at radius 1 is 1.08 bits per heavy atom. The predicted octanol–water partition coefficient (Wildman–Crippen LogP) is 3.88. The van der Waals surface area contributed by atoms with E-state index >= 15 is 0 Å². The Balaban J connectivity index is 1.69. The summed E-state index contributed by atoms with van der Waals surface area (Å²) in [5.74, 6) is 0.807. The molecule has 0 spiro atoms. The lowest BCUT2D eigenvalue weighted by Crippen LogP contribution is -2.24. The minimum absolute atomic E-state index is 0.0411. The molecule has 0 aliphatic heterocycles. The van der Waals surface area contributed by atoms with Crippen LogP contribution in [0.3, 0.4) is 0 Å². The van der Waals surface area contributed by atoms with Gasteiger partial charge in [-0.25, -0.2) is 0 Å². The van der Waals surface area contributed by atoms with E-state index in [9.17, 15) is 4.79 Å². The molecule has 2 aromatic rings. The second-order valence-electron chi connectivity index (χ2n) is 6.19. The maximum absolute atomic E-state index is 12.0. The maximum Gasteiger partial charge on any atom is 0.220 e. The van der Waals surface area contributed by atoms with Crippen LogP contribution < -0.4 is 10.1 Å². The van der Waals surface area contributed by atoms with Gasteiger partial charge in [0.2, 0.25) is 5.91 Å². The van der Waals surface area contributed by atoms with Gasteiger partial charge in [0.25, 0.3) is 0 Å². The molecular formula is C20H25ClN2O2. The zero-order chi connectivity index (χ0) is 18.1. The van der Waals surface area contributed by atoms with E-state index < -0.39 is 0 Å². The Morgan fingerprint density at radius 3 is 2.44 bits per heavy atom. The van der Waals surface area contributed by atoms with Crippen LogP contribution in [0, 0.1) is 0 Å². The number of hydrogen-bond acceptors (Lipinski definition) is 3. The largest absolute Gasteiger partial charge is 0.494 e. The second-order valence-corrected chi connectivity index (χ2v) is 6.63. The van der Waals surface area contributed by atoms with E-state index in [1.54, 1.807) is 12.1 Å². The first-order chi connectivity index (χ1) is 12.0. The second kappa shape index (κ2) is 10.1. The lowest BCUT2D eigenvalue weighted by Gasteiger charge is -2.14. The summed E-state index contributed by atoms with van der Waals surface area (Å²) in [7, 11) is 4.08. The van der Waals surface area contributed by atoms with E-state index in [1.807, 2.05) is 38.4 Å². The molecule has 0 aromatic heterocycles. The predicted molar refractivity (Wildman–Crippen MR) is 102 cm³/mol. The molecule has 0 bridgehead atoms. The molecule has 4 nitrogen and oxygen atoms in total. The van der Waals surface area contributed by atoms with E-state index in [4.69, 9.17) is 16.3 Å². The van der Waals surface area contributed by atoms with Crippen molar-refractivity contribution in [3.05, 3.63) is 64.7 Å². The van der Waals surface area contributed by atoms with Gasteiger partial charge in [-0.2, -0.15) is 0 Å². The topological polar surface area (TPSA) is 41.6 Å². The SMILES string of the molecule is CN(C)Cc1ccccc1CNC(=O)CCCOc1ccc(Cl)cc1. The van der Waals surface area contributed by atoms with E-state index in [0.29, 0.717) is 31.0 Å². The standard InChI is InChI=1S/C20H25ClN2O2/c1-23(2)15-17-7-4-3-6-16(17)14-22-20(24)8-5-13-25-19-11-9-18(21)10-12-19/h3-4,6-7,9-12H,5,8,13-15H2,1-2H3,(H,22,24). The summed E-state index contributed by atoms with van der Waals surface area (Å²) in [6.45, 7) is 1.92. The van der Waals surface area contributed by atoms with Gasteiger partial charge < -0.3 is 15.0 Å². The van der Waals surface area contributed by atoms with Gasteiger partial charge in [0.1, 0.15) is 5.75 Å². The first kappa shape index (κ1) is 19.3. The van der Waals surface area contributed by atoms with Crippen molar-refractivity contribution >= 4 is 17.5 Å². The van der Waals surface area contributed by atoms with E-state index in [-0.39, 0.29) is 5.91 Å². The zero-order valence-electron chi connectivity index (χ0n) is 14.8. The Morgan fingerprint density at radius 2 is 1.76 bits per heavy atom. The highest BCUT2D eigenvalue weighted by Crippen LogP contribution is 2.15. The Labute approximate surface area is 154 Å². The first-order valence-electron chi connectivity index (χ1n) is 8.41. The van der Waals surface area contributed by atoms with Crippen molar-refractivity contribution < 1.29 is 9.53 Å². The smallest absolute Gasteiger partial charge is 0.220 e. The molecule has 134 valence electrons. The highest BCUT2D eigenvalue weighted by Gasteiger charge is 2.06. The molecular weight excluding hydrogens is 336 g/mol. The van der Waals surface area contributed by atoms with Crippen LogP contribution in [0.5, 0.6) is 5.75 Å². The minimum atomic E-state index is 0.0411. The fourth-order valence-corrected chi connectivity index (χ4v) is 2.59. The molecule has 0 saturated heterocycles. The fourth-order valence-electron chi connectivity index (χ4n) is 2.46. The minimum Gasteiger partial charge on any atom is -0.494 e. The quantitative estimate of drug-likeness (QED) is 0.690. The Hall–Kier alpha value is -2.04. The van der Waals surface area contributed by atoms with Gasteiger partial charge in [0.15, 0.2) is 0 Å². The Bertz CT molecular complexity index is 672. The molecule has 0 fully saturated rings. The molecule has 0 radical (unpaired) electrons. The number of carbonyl (C=O) groups is 1. The van der Waals surface area contributed by atoms with Crippen molar-refractivity contribution in [2.45, 2.75) is 25.9 Å². The molecule has 2 aromatic carbocycles. The normalized spacial score (nSPS) is 10.7. The molecule has 0 atom stereocenters. The molecule has 1 N–H and O–H groups in total. The van der Waals surface area contributed by atoms with Crippen LogP contribution in [-0.2, 0) is 17.9 Å². The zero-order valence-corrected chi connectivity index (χ0v) is 15.6. The van der Waals surface area contributed by atoms with Crippen molar-refractivity contribution in [3.8, 4) is 5.75 Å². The lowest BCUT2D eigenvalue weighted by atomic mass is 10.1. The van der Waals surface area contributed by atoms with Gasteiger partial charge in [-0.15, -0.1) is 0 Å². The fraction of sp³-hybridized carbons (Fsp3) is 0.350. The van der Waals surface area contributed by atoms with Crippen molar-refractivity contribution in [1.82, 2.24) is 10.2 Å². The monoisotopic (exact) mass is 360 g/mol. The van der Waals surface area contributed by atoms with Crippen LogP contribution in [0.15, 0.2) is 48.5 Å². The molecule has 25 heavy (non-hydrogen) atoms. The van der Waals surface area contributed by atoms with Gasteiger partial charge in [-0.3, -0.25) is 4.79 Å². The van der Waals surface area contributed by atoms with E-state index in [1.165, 1.54) is 5.56 Å². The van der Waals surface area contributed by atoms with Gasteiger partial charge in [0, 0.05) is 24.5 Å². The van der Waals surface area contributed by atoms with Crippen molar-refractivity contribution in [2.24, 2.45) is 0 Å². The number of carbonyl (C=O) groups excluding carboxylic acids is 1. The molecule has 0 aliphatic rings. The van der Waals surface area contributed by atoms with Gasteiger partial charge in [-0.05, 0) is 55.9 Å². The molecule has 0 unspecified atom stereocenters. The third-order valence-electron chi connectivity index (χ3n) is 3.71. The summed E-state index contributed by atoms with van der Waals surface area (Å²) in [5, 5.41) is 3.67. The summed E-state index contributed by atoms with van der Waals surface area (Å²) < 4.78 is 5.59. The number of benzene rings is 2. The average Bonchev–Trinajstić information content (AvgIpc) is 2.59. The third kappa shape index (κ3) is 7.16. The summed E-state index contributed by atoms with van der Waals surface area (Å²) in [6, 6.07) is 15.4. The number of ether oxygens (including phenoxy) is 1. The number of nitrogens with zero attached hydrogens (tertiary/aromatic N) is 1. The number of rotatable bonds is 9. The van der Waals surface area contributed by atoms with Crippen LogP contribution in [0.25, 0.3) is 0 Å². The van der Waals surface area contributed by atoms with Crippen molar-refractivity contribution in [2.75, 3.05) is 20.7 Å². The van der Waals surface area contributed by atoms with Crippen LogP contribution in [0.4, 0.5) is 0 Å². The van der Waals surface area contributed by atoms with Gasteiger partial charge in [-0.1, -0.05) is 35.9 Å². The van der Waals surface area contributed by atoms with Gasteiger partial charge in [0.05, 0.1) is 6.61 Å². The highest BCUT2D eigenvalue weighted by molar-refractivity contribution is 6.30. The number of nitrogens with one attached hydrogen (secondary N) is 1. The molecule has 0 aliphatic carbocycles. The molecule has 1 amide bonds. The molecule has 0 saturated carbocycles. The van der Waals surface area contributed by atoms with Gasteiger partial charge >= 0.3 is 0 Å². The summed E-state index contributed by atoms with van der Waals surface area (Å²) in [5.41, 5.74) is 2.39.